The maximum Gasteiger partial charge on any atom is 0.227 e. The number of carbonyl (C=O) groups excluding carboxylic acids is 1. The van der Waals surface area contributed by atoms with Gasteiger partial charge in [0.15, 0.2) is 0 Å². The fourth-order valence-electron chi connectivity index (χ4n) is 2.16. The molecule has 0 radical (unpaired) electrons. The molecule has 1 aromatic carbocycles. The van der Waals surface area contributed by atoms with Gasteiger partial charge in [0.2, 0.25) is 5.91 Å². The zero-order valence-electron chi connectivity index (χ0n) is 10.3. The molecule has 4 heteroatoms. The summed E-state index contributed by atoms with van der Waals surface area (Å²) in [4.78, 5) is 13.9. The largest absolute Gasteiger partial charge is 0.398 e. The minimum Gasteiger partial charge on any atom is -0.398 e. The first-order valence-corrected chi connectivity index (χ1v) is 7.21. The lowest BCUT2D eigenvalue weighted by atomic mass is 10.1. The zero-order chi connectivity index (χ0) is 12.4. The maximum atomic E-state index is 12.0. The Morgan fingerprint density at radius 3 is 3.00 bits per heavy atom. The van der Waals surface area contributed by atoms with Crippen molar-refractivity contribution in [3.8, 4) is 0 Å². The predicted octanol–water partition coefficient (Wildman–Crippen LogP) is 2.22. The van der Waals surface area contributed by atoms with Gasteiger partial charge in [0.05, 0.1) is 0 Å². The van der Waals surface area contributed by atoms with E-state index < -0.39 is 0 Å². The highest BCUT2D eigenvalue weighted by atomic mass is 32.2. The molecule has 2 rings (SSSR count). The van der Waals surface area contributed by atoms with Crippen molar-refractivity contribution in [1.82, 2.24) is 0 Å². The predicted molar refractivity (Wildman–Crippen MR) is 74.6 cm³/mol. The molecule has 0 spiro atoms. The lowest BCUT2D eigenvalue weighted by molar-refractivity contribution is -0.118. The summed E-state index contributed by atoms with van der Waals surface area (Å²) in [7, 11) is 0. The van der Waals surface area contributed by atoms with Crippen LogP contribution in [-0.4, -0.2) is 24.5 Å². The number of benzene rings is 1. The first-order valence-electron chi connectivity index (χ1n) is 5.81. The van der Waals surface area contributed by atoms with Gasteiger partial charge >= 0.3 is 0 Å². The number of aryl methyl sites for hydroxylation is 1. The summed E-state index contributed by atoms with van der Waals surface area (Å²) in [5.41, 5.74) is 10.0. The van der Waals surface area contributed by atoms with Crippen LogP contribution in [0.3, 0.4) is 0 Å². The molecule has 3 nitrogen and oxygen atoms in total. The number of fused-ring (bicyclic) bond motifs is 1. The number of thioether (sulfide) groups is 1. The van der Waals surface area contributed by atoms with Crippen LogP contribution in [-0.2, 0) is 11.2 Å². The molecule has 0 saturated heterocycles. The molecule has 2 N–H and O–H groups in total. The van der Waals surface area contributed by atoms with E-state index in [0.29, 0.717) is 6.42 Å². The summed E-state index contributed by atoms with van der Waals surface area (Å²) < 4.78 is 0. The van der Waals surface area contributed by atoms with Crippen LogP contribution in [0.5, 0.6) is 0 Å². The number of hydrogen-bond donors (Lipinski definition) is 1. The van der Waals surface area contributed by atoms with Crippen molar-refractivity contribution in [1.29, 1.82) is 0 Å². The van der Waals surface area contributed by atoms with Gasteiger partial charge in [-0.1, -0.05) is 6.07 Å². The van der Waals surface area contributed by atoms with Crippen LogP contribution in [0.1, 0.15) is 17.5 Å². The maximum absolute atomic E-state index is 12.0. The Balaban J connectivity index is 2.21. The second-order valence-electron chi connectivity index (χ2n) is 4.38. The van der Waals surface area contributed by atoms with E-state index in [1.54, 1.807) is 11.8 Å². The third kappa shape index (κ3) is 2.41. The van der Waals surface area contributed by atoms with Crippen LogP contribution < -0.4 is 10.6 Å². The van der Waals surface area contributed by atoms with Crippen molar-refractivity contribution in [3.05, 3.63) is 23.3 Å². The molecule has 1 aliphatic rings. The van der Waals surface area contributed by atoms with Crippen LogP contribution in [0.2, 0.25) is 0 Å². The number of rotatable bonds is 3. The normalized spacial score (nSPS) is 13.9. The van der Waals surface area contributed by atoms with Gasteiger partial charge in [-0.3, -0.25) is 4.79 Å². The van der Waals surface area contributed by atoms with Crippen LogP contribution in [0.15, 0.2) is 12.1 Å². The van der Waals surface area contributed by atoms with E-state index >= 15 is 0 Å². The molecule has 0 atom stereocenters. The molecule has 0 fully saturated rings. The number of hydrogen-bond acceptors (Lipinski definition) is 3. The molecular formula is C13H18N2OS. The second-order valence-corrected chi connectivity index (χ2v) is 5.36. The molecule has 92 valence electrons. The van der Waals surface area contributed by atoms with Crippen LogP contribution in [0.25, 0.3) is 0 Å². The van der Waals surface area contributed by atoms with Gasteiger partial charge < -0.3 is 10.6 Å². The molecule has 0 aromatic heterocycles. The van der Waals surface area contributed by atoms with Crippen molar-refractivity contribution in [2.24, 2.45) is 0 Å². The molecule has 1 aliphatic heterocycles. The van der Waals surface area contributed by atoms with E-state index in [9.17, 15) is 4.79 Å². The number of nitrogens with two attached hydrogens (primary N) is 1. The van der Waals surface area contributed by atoms with Crippen molar-refractivity contribution in [3.63, 3.8) is 0 Å². The van der Waals surface area contributed by atoms with E-state index in [2.05, 4.69) is 6.07 Å². The van der Waals surface area contributed by atoms with Crippen molar-refractivity contribution in [2.45, 2.75) is 19.8 Å². The van der Waals surface area contributed by atoms with E-state index in [0.717, 1.165) is 35.7 Å². The minimum absolute atomic E-state index is 0.210. The molecule has 17 heavy (non-hydrogen) atoms. The van der Waals surface area contributed by atoms with Gasteiger partial charge in [0.25, 0.3) is 0 Å². The first kappa shape index (κ1) is 12.3. The molecule has 1 heterocycles. The van der Waals surface area contributed by atoms with Gasteiger partial charge in [0, 0.05) is 30.1 Å². The number of nitrogen functional groups attached to an aromatic ring is 1. The van der Waals surface area contributed by atoms with Crippen molar-refractivity contribution >= 4 is 29.0 Å². The highest BCUT2D eigenvalue weighted by molar-refractivity contribution is 7.98. The van der Waals surface area contributed by atoms with E-state index in [-0.39, 0.29) is 5.91 Å². The van der Waals surface area contributed by atoms with Gasteiger partial charge in [-0.15, -0.1) is 0 Å². The van der Waals surface area contributed by atoms with Gasteiger partial charge in [-0.25, -0.2) is 0 Å². The Hall–Kier alpha value is -1.16. The third-order valence-electron chi connectivity index (χ3n) is 3.18. The van der Waals surface area contributed by atoms with E-state index in [1.165, 1.54) is 5.56 Å². The lowest BCUT2D eigenvalue weighted by Gasteiger charge is -2.18. The van der Waals surface area contributed by atoms with Gasteiger partial charge in [-0.05, 0) is 36.8 Å². The Labute approximate surface area is 106 Å². The molecule has 0 aliphatic carbocycles. The Bertz CT molecular complexity index is 445. The molecule has 0 saturated carbocycles. The van der Waals surface area contributed by atoms with Crippen molar-refractivity contribution < 1.29 is 4.79 Å². The summed E-state index contributed by atoms with van der Waals surface area (Å²) in [6.07, 6.45) is 3.57. The lowest BCUT2D eigenvalue weighted by Crippen LogP contribution is -2.29. The topological polar surface area (TPSA) is 46.3 Å². The summed E-state index contributed by atoms with van der Waals surface area (Å²) in [6.45, 7) is 2.80. The van der Waals surface area contributed by atoms with Crippen molar-refractivity contribution in [2.75, 3.05) is 29.2 Å². The summed E-state index contributed by atoms with van der Waals surface area (Å²) in [5, 5.41) is 0. The van der Waals surface area contributed by atoms with Gasteiger partial charge in [-0.2, -0.15) is 11.8 Å². The van der Waals surface area contributed by atoms with Gasteiger partial charge in [0.1, 0.15) is 0 Å². The SMILES string of the molecule is CSCCC(=O)N1CCc2cc(C)c(N)cc21. The van der Waals surface area contributed by atoms with Crippen LogP contribution in [0.4, 0.5) is 11.4 Å². The standard InChI is InChI=1S/C13H18N2OS/c1-9-7-10-3-5-15(12(10)8-11(9)14)13(16)4-6-17-2/h7-8H,3-6,14H2,1-2H3. The highest BCUT2D eigenvalue weighted by Crippen LogP contribution is 2.32. The molecule has 1 amide bonds. The smallest absolute Gasteiger partial charge is 0.227 e. The van der Waals surface area contributed by atoms with E-state index in [4.69, 9.17) is 5.73 Å². The monoisotopic (exact) mass is 250 g/mol. The number of carbonyl (C=O) groups is 1. The fraction of sp³-hybridized carbons (Fsp3) is 0.462. The third-order valence-corrected chi connectivity index (χ3v) is 3.80. The number of anilines is 2. The van der Waals surface area contributed by atoms with E-state index in [1.807, 2.05) is 24.1 Å². The van der Waals surface area contributed by atoms with Crippen LogP contribution in [0, 0.1) is 6.92 Å². The summed E-state index contributed by atoms with van der Waals surface area (Å²) in [6, 6.07) is 4.04. The Kier molecular flexibility index (Phi) is 3.62. The Morgan fingerprint density at radius 1 is 1.53 bits per heavy atom. The second kappa shape index (κ2) is 5.00. The molecule has 0 unspecified atom stereocenters. The summed E-state index contributed by atoms with van der Waals surface area (Å²) in [5.74, 6) is 1.09. The molecule has 1 aromatic rings. The number of nitrogens with zero attached hydrogens (tertiary/aromatic N) is 1. The Morgan fingerprint density at radius 2 is 2.29 bits per heavy atom. The number of amides is 1. The zero-order valence-corrected chi connectivity index (χ0v) is 11.1. The molecule has 0 bridgehead atoms. The first-order chi connectivity index (χ1) is 8.13. The van der Waals surface area contributed by atoms with Crippen LogP contribution >= 0.6 is 11.8 Å². The quantitative estimate of drug-likeness (QED) is 0.837. The average Bonchev–Trinajstić information content (AvgIpc) is 2.69. The highest BCUT2D eigenvalue weighted by Gasteiger charge is 2.24. The summed E-state index contributed by atoms with van der Waals surface area (Å²) >= 11 is 1.70. The fourth-order valence-corrected chi connectivity index (χ4v) is 2.54. The minimum atomic E-state index is 0.210. The average molecular weight is 250 g/mol. The molecular weight excluding hydrogens is 232 g/mol.